The van der Waals surface area contributed by atoms with Gasteiger partial charge in [-0.3, -0.25) is 4.90 Å². The summed E-state index contributed by atoms with van der Waals surface area (Å²) in [6, 6.07) is 3.07. The van der Waals surface area contributed by atoms with Crippen LogP contribution in [0.2, 0.25) is 0 Å². The molecule has 0 aliphatic heterocycles. The molecule has 3 heteroatoms. The molecule has 96 valence electrons. The minimum Gasteiger partial charge on any atom is -0.472 e. The zero-order valence-electron chi connectivity index (χ0n) is 10.8. The summed E-state index contributed by atoms with van der Waals surface area (Å²) in [6.45, 7) is 3.97. The predicted molar refractivity (Wildman–Crippen MR) is 69.8 cm³/mol. The van der Waals surface area contributed by atoms with Crippen molar-refractivity contribution in [3.05, 3.63) is 24.2 Å². The molecule has 1 heterocycles. The second kappa shape index (κ2) is 6.22. The SMILES string of the molecule is CCN(C1CCCCC1)C(CN)c1ccoc1. The smallest absolute Gasteiger partial charge is 0.0950 e. The second-order valence-electron chi connectivity index (χ2n) is 4.93. The first kappa shape index (κ1) is 12.7. The van der Waals surface area contributed by atoms with E-state index in [-0.39, 0.29) is 0 Å². The lowest BCUT2D eigenvalue weighted by molar-refractivity contribution is 0.113. The molecule has 0 saturated heterocycles. The van der Waals surface area contributed by atoms with Gasteiger partial charge in [-0.2, -0.15) is 0 Å². The summed E-state index contributed by atoms with van der Waals surface area (Å²) in [7, 11) is 0. The molecule has 2 N–H and O–H groups in total. The Labute approximate surface area is 104 Å². The van der Waals surface area contributed by atoms with Crippen molar-refractivity contribution in [1.29, 1.82) is 0 Å². The average molecular weight is 236 g/mol. The fraction of sp³-hybridized carbons (Fsp3) is 0.714. The lowest BCUT2D eigenvalue weighted by Gasteiger charge is -2.38. The van der Waals surface area contributed by atoms with E-state index in [0.29, 0.717) is 18.6 Å². The molecule has 1 atom stereocenters. The average Bonchev–Trinajstić information content (AvgIpc) is 2.90. The molecule has 0 bridgehead atoms. The molecule has 1 saturated carbocycles. The first-order valence-electron chi connectivity index (χ1n) is 6.84. The Bertz CT molecular complexity index is 304. The quantitative estimate of drug-likeness (QED) is 0.854. The first-order valence-corrected chi connectivity index (χ1v) is 6.84. The standard InChI is InChI=1S/C14H24N2O/c1-2-16(13-6-4-3-5-7-13)14(10-15)12-8-9-17-11-12/h8-9,11,13-14H,2-7,10,15H2,1H3. The molecule has 2 rings (SSSR count). The molecular formula is C14H24N2O. The monoisotopic (exact) mass is 236 g/mol. The zero-order valence-corrected chi connectivity index (χ0v) is 10.8. The van der Waals surface area contributed by atoms with Crippen LogP contribution < -0.4 is 5.73 Å². The van der Waals surface area contributed by atoms with E-state index >= 15 is 0 Å². The minimum absolute atomic E-state index is 0.321. The van der Waals surface area contributed by atoms with E-state index < -0.39 is 0 Å². The van der Waals surface area contributed by atoms with Crippen LogP contribution in [0.25, 0.3) is 0 Å². The number of hydrogen-bond acceptors (Lipinski definition) is 3. The molecule has 1 unspecified atom stereocenters. The van der Waals surface area contributed by atoms with E-state index in [1.807, 2.05) is 12.3 Å². The van der Waals surface area contributed by atoms with Crippen molar-refractivity contribution in [2.45, 2.75) is 51.1 Å². The molecule has 1 aliphatic rings. The third kappa shape index (κ3) is 2.90. The predicted octanol–water partition coefficient (Wildman–Crippen LogP) is 2.93. The zero-order chi connectivity index (χ0) is 12.1. The molecule has 0 amide bonds. The summed E-state index contributed by atoms with van der Waals surface area (Å²) < 4.78 is 5.20. The van der Waals surface area contributed by atoms with Gasteiger partial charge in [0.15, 0.2) is 0 Å². The Morgan fingerprint density at radius 2 is 2.18 bits per heavy atom. The fourth-order valence-corrected chi connectivity index (χ4v) is 3.07. The Balaban J connectivity index is 2.09. The van der Waals surface area contributed by atoms with Crippen LogP contribution in [-0.4, -0.2) is 24.0 Å². The van der Waals surface area contributed by atoms with E-state index in [4.69, 9.17) is 10.2 Å². The number of rotatable bonds is 5. The van der Waals surface area contributed by atoms with Gasteiger partial charge in [-0.15, -0.1) is 0 Å². The number of hydrogen-bond donors (Lipinski definition) is 1. The van der Waals surface area contributed by atoms with Crippen molar-refractivity contribution >= 4 is 0 Å². The molecule has 1 aliphatic carbocycles. The summed E-state index contributed by atoms with van der Waals surface area (Å²) in [5, 5.41) is 0. The highest BCUT2D eigenvalue weighted by Gasteiger charge is 2.27. The highest BCUT2D eigenvalue weighted by molar-refractivity contribution is 5.13. The molecule has 1 fully saturated rings. The normalized spacial score (nSPS) is 19.7. The van der Waals surface area contributed by atoms with E-state index in [9.17, 15) is 0 Å². The first-order chi connectivity index (χ1) is 8.36. The van der Waals surface area contributed by atoms with Crippen LogP contribution in [0.4, 0.5) is 0 Å². The lowest BCUT2D eigenvalue weighted by atomic mass is 9.92. The molecule has 0 aromatic carbocycles. The number of furan rings is 1. The Morgan fingerprint density at radius 3 is 2.71 bits per heavy atom. The number of nitrogens with zero attached hydrogens (tertiary/aromatic N) is 1. The minimum atomic E-state index is 0.321. The Hall–Kier alpha value is -0.800. The Morgan fingerprint density at radius 1 is 1.41 bits per heavy atom. The molecule has 17 heavy (non-hydrogen) atoms. The van der Waals surface area contributed by atoms with Crippen molar-refractivity contribution in [2.24, 2.45) is 5.73 Å². The molecule has 1 aromatic rings. The van der Waals surface area contributed by atoms with Gasteiger partial charge >= 0.3 is 0 Å². The van der Waals surface area contributed by atoms with Crippen molar-refractivity contribution in [3.8, 4) is 0 Å². The lowest BCUT2D eigenvalue weighted by Crippen LogP contribution is -2.42. The molecule has 0 radical (unpaired) electrons. The number of nitrogens with two attached hydrogens (primary N) is 1. The van der Waals surface area contributed by atoms with Gasteiger partial charge in [0, 0.05) is 18.2 Å². The van der Waals surface area contributed by atoms with Crippen molar-refractivity contribution in [3.63, 3.8) is 0 Å². The fourth-order valence-electron chi connectivity index (χ4n) is 3.07. The van der Waals surface area contributed by atoms with Crippen LogP contribution in [0.15, 0.2) is 23.0 Å². The van der Waals surface area contributed by atoms with Crippen LogP contribution in [0.5, 0.6) is 0 Å². The van der Waals surface area contributed by atoms with Gasteiger partial charge in [-0.05, 0) is 25.5 Å². The van der Waals surface area contributed by atoms with Gasteiger partial charge in [0.1, 0.15) is 0 Å². The molecular weight excluding hydrogens is 212 g/mol. The van der Waals surface area contributed by atoms with Crippen LogP contribution >= 0.6 is 0 Å². The summed E-state index contributed by atoms with van der Waals surface area (Å²) in [4.78, 5) is 2.56. The highest BCUT2D eigenvalue weighted by atomic mass is 16.3. The van der Waals surface area contributed by atoms with Crippen molar-refractivity contribution in [1.82, 2.24) is 4.90 Å². The third-order valence-corrected chi connectivity index (χ3v) is 3.96. The summed E-state index contributed by atoms with van der Waals surface area (Å²) >= 11 is 0. The maximum atomic E-state index is 5.96. The van der Waals surface area contributed by atoms with Gasteiger partial charge in [-0.1, -0.05) is 26.2 Å². The third-order valence-electron chi connectivity index (χ3n) is 3.96. The van der Waals surface area contributed by atoms with E-state index in [1.54, 1.807) is 6.26 Å². The molecule has 1 aromatic heterocycles. The van der Waals surface area contributed by atoms with Gasteiger partial charge in [-0.25, -0.2) is 0 Å². The van der Waals surface area contributed by atoms with Gasteiger partial charge in [0.25, 0.3) is 0 Å². The molecule has 3 nitrogen and oxygen atoms in total. The maximum absolute atomic E-state index is 5.96. The van der Waals surface area contributed by atoms with Crippen molar-refractivity contribution < 1.29 is 4.42 Å². The summed E-state index contributed by atoms with van der Waals surface area (Å²) in [5.74, 6) is 0. The van der Waals surface area contributed by atoms with Crippen molar-refractivity contribution in [2.75, 3.05) is 13.1 Å². The topological polar surface area (TPSA) is 42.4 Å². The van der Waals surface area contributed by atoms with E-state index in [1.165, 1.54) is 37.7 Å². The summed E-state index contributed by atoms with van der Waals surface area (Å²) in [5.41, 5.74) is 7.19. The van der Waals surface area contributed by atoms with E-state index in [2.05, 4.69) is 11.8 Å². The van der Waals surface area contributed by atoms with Crippen LogP contribution in [-0.2, 0) is 0 Å². The Kier molecular flexibility index (Phi) is 4.63. The van der Waals surface area contributed by atoms with Gasteiger partial charge in [0.05, 0.1) is 18.6 Å². The largest absolute Gasteiger partial charge is 0.472 e. The maximum Gasteiger partial charge on any atom is 0.0950 e. The summed E-state index contributed by atoms with van der Waals surface area (Å²) in [6.07, 6.45) is 10.3. The number of likely N-dealkylation sites (N-methyl/N-ethyl adjacent to an activating group) is 1. The van der Waals surface area contributed by atoms with Crippen LogP contribution in [0, 0.1) is 0 Å². The second-order valence-corrected chi connectivity index (χ2v) is 4.93. The van der Waals surface area contributed by atoms with Crippen LogP contribution in [0.3, 0.4) is 0 Å². The van der Waals surface area contributed by atoms with Crippen LogP contribution in [0.1, 0.15) is 50.6 Å². The molecule has 0 spiro atoms. The highest BCUT2D eigenvalue weighted by Crippen LogP contribution is 2.29. The van der Waals surface area contributed by atoms with Gasteiger partial charge < -0.3 is 10.2 Å². The van der Waals surface area contributed by atoms with Gasteiger partial charge in [0.2, 0.25) is 0 Å². The van der Waals surface area contributed by atoms with E-state index in [0.717, 1.165) is 6.54 Å².